The van der Waals surface area contributed by atoms with E-state index < -0.39 is 17.3 Å². The number of halogens is 2. The Labute approximate surface area is 167 Å². The number of amides is 1. The molecule has 1 saturated heterocycles. The molecule has 1 fully saturated rings. The molecule has 3 rings (SSSR count). The van der Waals surface area contributed by atoms with Gasteiger partial charge in [-0.15, -0.1) is 0 Å². The number of nitrogens with zero attached hydrogens (tertiary/aromatic N) is 2. The van der Waals surface area contributed by atoms with E-state index in [1.165, 1.54) is 11.0 Å². The van der Waals surface area contributed by atoms with Crippen molar-refractivity contribution >= 4 is 17.5 Å². The molecule has 6 nitrogen and oxygen atoms in total. The van der Waals surface area contributed by atoms with Gasteiger partial charge in [0, 0.05) is 31.1 Å². The van der Waals surface area contributed by atoms with E-state index in [1.807, 2.05) is 0 Å². The van der Waals surface area contributed by atoms with Crippen molar-refractivity contribution in [3.8, 4) is 23.1 Å². The van der Waals surface area contributed by atoms with Gasteiger partial charge in [0.15, 0.2) is 5.82 Å². The van der Waals surface area contributed by atoms with Crippen molar-refractivity contribution in [2.45, 2.75) is 18.6 Å². The fourth-order valence-corrected chi connectivity index (χ4v) is 3.05. The summed E-state index contributed by atoms with van der Waals surface area (Å²) in [6, 6.07) is 7.88. The number of aromatic nitrogens is 1. The van der Waals surface area contributed by atoms with Gasteiger partial charge in [0.2, 0.25) is 5.60 Å². The van der Waals surface area contributed by atoms with E-state index in [1.54, 1.807) is 31.3 Å². The Hall–Kier alpha value is -2.50. The van der Waals surface area contributed by atoms with Gasteiger partial charge in [-0.1, -0.05) is 35.6 Å². The molecule has 8 heteroatoms. The molecule has 1 aliphatic heterocycles. The molecule has 1 aliphatic rings. The summed E-state index contributed by atoms with van der Waals surface area (Å²) < 4.78 is 19.5. The zero-order valence-corrected chi connectivity index (χ0v) is 16.0. The van der Waals surface area contributed by atoms with Crippen molar-refractivity contribution in [2.75, 3.05) is 20.3 Å². The molecule has 3 N–H and O–H groups in total. The molecular formula is C20H19ClFN3O3. The quantitative estimate of drug-likeness (QED) is 0.601. The van der Waals surface area contributed by atoms with E-state index in [4.69, 9.17) is 22.1 Å². The highest BCUT2D eigenvalue weighted by Gasteiger charge is 2.42. The minimum absolute atomic E-state index is 0.00733. The van der Waals surface area contributed by atoms with E-state index in [9.17, 15) is 14.3 Å². The normalized spacial score (nSPS) is 18.9. The Morgan fingerprint density at radius 3 is 2.93 bits per heavy atom. The Kier molecular flexibility index (Phi) is 5.96. The standard InChI is InChI=1S/C20H19ClFN3O3/c1-25-8-7-20(27,19(25)26)6-5-13-3-2-4-14(9-13)18-16(22)10-15(21)17(24-18)11-28-12-23/h2-4,9-10,27H,7-8,11-12,23H2,1H3/t20-/m0/s1. The zero-order valence-electron chi connectivity index (χ0n) is 15.2. The van der Waals surface area contributed by atoms with Crippen LogP contribution in [0.1, 0.15) is 17.7 Å². The SMILES string of the molecule is CN1CC[C@@](O)(C#Cc2cccc(-c3nc(COCN)c(Cl)cc3F)c2)C1=O. The molecule has 1 aromatic carbocycles. The van der Waals surface area contributed by atoms with Crippen LogP contribution in [0.5, 0.6) is 0 Å². The molecule has 1 aromatic heterocycles. The van der Waals surface area contributed by atoms with Crippen molar-refractivity contribution in [1.29, 1.82) is 0 Å². The largest absolute Gasteiger partial charge is 0.369 e. The van der Waals surface area contributed by atoms with E-state index in [-0.39, 0.29) is 30.5 Å². The van der Waals surface area contributed by atoms with Crippen LogP contribution >= 0.6 is 11.6 Å². The average Bonchev–Trinajstić information content (AvgIpc) is 2.94. The lowest BCUT2D eigenvalue weighted by Gasteiger charge is -2.13. The summed E-state index contributed by atoms with van der Waals surface area (Å²) >= 11 is 6.01. The molecule has 1 atom stereocenters. The molecule has 0 spiro atoms. The molecular weight excluding hydrogens is 385 g/mol. The van der Waals surface area contributed by atoms with Crippen LogP contribution in [0.15, 0.2) is 30.3 Å². The van der Waals surface area contributed by atoms with Crippen LogP contribution in [0.3, 0.4) is 0 Å². The maximum atomic E-state index is 14.4. The summed E-state index contributed by atoms with van der Waals surface area (Å²) in [6.45, 7) is 0.495. The number of hydrogen-bond donors (Lipinski definition) is 2. The van der Waals surface area contributed by atoms with Crippen LogP contribution < -0.4 is 5.73 Å². The lowest BCUT2D eigenvalue weighted by atomic mass is 10.0. The molecule has 28 heavy (non-hydrogen) atoms. The van der Waals surface area contributed by atoms with Crippen LogP contribution in [0.25, 0.3) is 11.3 Å². The van der Waals surface area contributed by atoms with E-state index in [0.717, 1.165) is 0 Å². The predicted molar refractivity (Wildman–Crippen MR) is 103 cm³/mol. The molecule has 2 aromatic rings. The van der Waals surface area contributed by atoms with Crippen molar-refractivity contribution in [3.63, 3.8) is 0 Å². The highest BCUT2D eigenvalue weighted by Crippen LogP contribution is 2.27. The van der Waals surface area contributed by atoms with Crippen LogP contribution in [0, 0.1) is 17.7 Å². The molecule has 0 unspecified atom stereocenters. The molecule has 0 saturated carbocycles. The third-order valence-corrected chi connectivity index (χ3v) is 4.75. The molecule has 0 radical (unpaired) electrons. The topological polar surface area (TPSA) is 88.7 Å². The van der Waals surface area contributed by atoms with Gasteiger partial charge in [-0.25, -0.2) is 9.37 Å². The van der Waals surface area contributed by atoms with Crippen LogP contribution in [-0.4, -0.2) is 46.8 Å². The summed E-state index contributed by atoms with van der Waals surface area (Å²) in [7, 11) is 1.61. The number of likely N-dealkylation sites (N-methyl/N-ethyl adjacent to an activating group) is 1. The minimum atomic E-state index is -1.69. The lowest BCUT2D eigenvalue weighted by molar-refractivity contribution is -0.137. The molecule has 2 heterocycles. The first-order chi connectivity index (χ1) is 13.3. The summed E-state index contributed by atoms with van der Waals surface area (Å²) in [5.41, 5.74) is 5.08. The monoisotopic (exact) mass is 403 g/mol. The summed E-state index contributed by atoms with van der Waals surface area (Å²) in [5.74, 6) is 4.43. The Balaban J connectivity index is 1.93. The average molecular weight is 404 g/mol. The third kappa shape index (κ3) is 4.16. The van der Waals surface area contributed by atoms with Crippen LogP contribution in [0.4, 0.5) is 4.39 Å². The lowest BCUT2D eigenvalue weighted by Crippen LogP contribution is -2.37. The van der Waals surface area contributed by atoms with Gasteiger partial charge >= 0.3 is 0 Å². The van der Waals surface area contributed by atoms with Gasteiger partial charge < -0.3 is 20.5 Å². The van der Waals surface area contributed by atoms with Crippen molar-refractivity contribution in [2.24, 2.45) is 5.73 Å². The maximum Gasteiger partial charge on any atom is 0.267 e. The number of likely N-dealkylation sites (tertiary alicyclic amines) is 1. The number of hydrogen-bond acceptors (Lipinski definition) is 5. The number of carbonyl (C=O) groups excluding carboxylic acids is 1. The number of benzene rings is 1. The van der Waals surface area contributed by atoms with E-state index >= 15 is 0 Å². The fraction of sp³-hybridized carbons (Fsp3) is 0.300. The van der Waals surface area contributed by atoms with Gasteiger partial charge in [-0.05, 0) is 18.2 Å². The first-order valence-corrected chi connectivity index (χ1v) is 8.96. The van der Waals surface area contributed by atoms with Crippen molar-refractivity contribution in [1.82, 2.24) is 9.88 Å². The summed E-state index contributed by atoms with van der Waals surface area (Å²) in [6.07, 6.45) is 0.243. The van der Waals surface area contributed by atoms with E-state index in [0.29, 0.717) is 23.4 Å². The Morgan fingerprint density at radius 1 is 1.46 bits per heavy atom. The third-order valence-electron chi connectivity index (χ3n) is 4.42. The zero-order chi connectivity index (χ0) is 20.3. The summed E-state index contributed by atoms with van der Waals surface area (Å²) in [4.78, 5) is 17.7. The van der Waals surface area contributed by atoms with Gasteiger partial charge in [0.25, 0.3) is 5.91 Å². The predicted octanol–water partition coefficient (Wildman–Crippen LogP) is 1.92. The molecule has 0 bridgehead atoms. The van der Waals surface area contributed by atoms with Crippen LogP contribution in [0.2, 0.25) is 5.02 Å². The summed E-state index contributed by atoms with van der Waals surface area (Å²) in [5, 5.41) is 10.5. The number of pyridine rings is 1. The maximum absolute atomic E-state index is 14.4. The molecule has 146 valence electrons. The van der Waals surface area contributed by atoms with Crippen molar-refractivity contribution < 1.29 is 19.0 Å². The second kappa shape index (κ2) is 8.25. The number of nitrogens with two attached hydrogens (primary N) is 1. The minimum Gasteiger partial charge on any atom is -0.369 e. The first-order valence-electron chi connectivity index (χ1n) is 8.58. The van der Waals surface area contributed by atoms with Gasteiger partial charge in [-0.3, -0.25) is 4.79 Å². The molecule has 0 aliphatic carbocycles. The Bertz CT molecular complexity index is 973. The number of rotatable bonds is 4. The van der Waals surface area contributed by atoms with Crippen molar-refractivity contribution in [3.05, 3.63) is 52.4 Å². The Morgan fingerprint density at radius 2 is 2.25 bits per heavy atom. The highest BCUT2D eigenvalue weighted by molar-refractivity contribution is 6.31. The first kappa shape index (κ1) is 20.2. The van der Waals surface area contributed by atoms with Gasteiger partial charge in [0.05, 0.1) is 24.1 Å². The van der Waals surface area contributed by atoms with Gasteiger partial charge in [-0.2, -0.15) is 0 Å². The number of ether oxygens (including phenoxy) is 1. The number of carbonyl (C=O) groups is 1. The van der Waals surface area contributed by atoms with Crippen LogP contribution in [-0.2, 0) is 16.1 Å². The molecule has 1 amide bonds. The smallest absolute Gasteiger partial charge is 0.267 e. The van der Waals surface area contributed by atoms with Gasteiger partial charge in [0.1, 0.15) is 5.69 Å². The van der Waals surface area contributed by atoms with E-state index in [2.05, 4.69) is 16.8 Å². The number of aliphatic hydroxyl groups is 1. The second-order valence-electron chi connectivity index (χ2n) is 6.43. The fourth-order valence-electron chi connectivity index (χ4n) is 2.85. The second-order valence-corrected chi connectivity index (χ2v) is 6.84. The highest BCUT2D eigenvalue weighted by atomic mass is 35.5.